The van der Waals surface area contributed by atoms with Gasteiger partial charge in [0.25, 0.3) is 0 Å². The fourth-order valence-corrected chi connectivity index (χ4v) is 2.21. The van der Waals surface area contributed by atoms with Crippen molar-refractivity contribution in [2.24, 2.45) is 5.41 Å². The number of hydrogen-bond donors (Lipinski definition) is 1. The minimum atomic E-state index is 0.321. The molecule has 1 atom stereocenters. The van der Waals surface area contributed by atoms with Gasteiger partial charge in [0.05, 0.1) is 0 Å². The quantitative estimate of drug-likeness (QED) is 0.495. The molecule has 1 N–H and O–H groups in total. The second-order valence-electron chi connectivity index (χ2n) is 6.62. The van der Waals surface area contributed by atoms with E-state index in [1.165, 1.54) is 50.6 Å². The van der Waals surface area contributed by atoms with Crippen LogP contribution in [0, 0.1) is 5.41 Å². The van der Waals surface area contributed by atoms with E-state index in [2.05, 4.69) is 46.5 Å². The molecule has 18 heavy (non-hydrogen) atoms. The van der Waals surface area contributed by atoms with Crippen LogP contribution in [-0.4, -0.2) is 6.04 Å². The van der Waals surface area contributed by atoms with Crippen LogP contribution in [-0.2, 0) is 0 Å². The Balaban J connectivity index is 4.03. The molecule has 1 unspecified atom stereocenters. The van der Waals surface area contributed by atoms with E-state index in [9.17, 15) is 0 Å². The largest absolute Gasteiger partial charge is 0.386 e. The van der Waals surface area contributed by atoms with Crippen LogP contribution in [0.25, 0.3) is 0 Å². The van der Waals surface area contributed by atoms with Gasteiger partial charge in [0.1, 0.15) is 0 Å². The summed E-state index contributed by atoms with van der Waals surface area (Å²) in [6.07, 6.45) is 10.3. The highest BCUT2D eigenvalue weighted by Crippen LogP contribution is 2.25. The molecular formula is C17H35N. The Hall–Kier alpha value is -0.460. The van der Waals surface area contributed by atoms with Crippen molar-refractivity contribution in [3.63, 3.8) is 0 Å². The lowest BCUT2D eigenvalue weighted by Gasteiger charge is -2.33. The summed E-state index contributed by atoms with van der Waals surface area (Å²) in [5, 5.41) is 3.67. The van der Waals surface area contributed by atoms with E-state index in [-0.39, 0.29) is 0 Å². The first kappa shape index (κ1) is 17.5. The Bertz CT molecular complexity index is 212. The zero-order chi connectivity index (χ0) is 14.0. The molecule has 0 aromatic rings. The molecule has 0 spiro atoms. The number of nitrogens with one attached hydrogen (secondary N) is 1. The molecule has 0 radical (unpaired) electrons. The van der Waals surface area contributed by atoms with Gasteiger partial charge >= 0.3 is 0 Å². The van der Waals surface area contributed by atoms with Gasteiger partial charge in [-0.2, -0.15) is 0 Å². The topological polar surface area (TPSA) is 12.0 Å². The summed E-state index contributed by atoms with van der Waals surface area (Å²) in [6.45, 7) is 15.7. The third kappa shape index (κ3) is 8.60. The molecule has 0 rings (SSSR count). The van der Waals surface area contributed by atoms with E-state index in [1.54, 1.807) is 0 Å². The van der Waals surface area contributed by atoms with Crippen molar-refractivity contribution in [1.82, 2.24) is 5.32 Å². The van der Waals surface area contributed by atoms with Crippen molar-refractivity contribution in [2.45, 2.75) is 92.0 Å². The van der Waals surface area contributed by atoms with Crippen LogP contribution in [0.2, 0.25) is 0 Å². The smallest absolute Gasteiger partial charge is 0.0306 e. The van der Waals surface area contributed by atoms with Crippen molar-refractivity contribution in [3.05, 3.63) is 12.3 Å². The van der Waals surface area contributed by atoms with E-state index in [1.807, 2.05) is 0 Å². The summed E-state index contributed by atoms with van der Waals surface area (Å²) < 4.78 is 0. The average molecular weight is 253 g/mol. The fourth-order valence-electron chi connectivity index (χ4n) is 2.21. The zero-order valence-electron chi connectivity index (χ0n) is 13.4. The lowest BCUT2D eigenvalue weighted by Crippen LogP contribution is -2.39. The fraction of sp³-hybridized carbons (Fsp3) is 0.882. The van der Waals surface area contributed by atoms with E-state index in [4.69, 9.17) is 0 Å². The van der Waals surface area contributed by atoms with E-state index < -0.39 is 0 Å². The van der Waals surface area contributed by atoms with Crippen LogP contribution in [0.1, 0.15) is 86.0 Å². The van der Waals surface area contributed by atoms with Gasteiger partial charge in [0, 0.05) is 11.7 Å². The Morgan fingerprint density at radius 1 is 1.00 bits per heavy atom. The summed E-state index contributed by atoms with van der Waals surface area (Å²) in [6, 6.07) is 0.566. The van der Waals surface area contributed by atoms with E-state index in [0.29, 0.717) is 11.5 Å². The molecule has 0 bridgehead atoms. The third-order valence-corrected chi connectivity index (χ3v) is 3.60. The number of unbranched alkanes of at least 4 members (excludes halogenated alkanes) is 4. The molecular weight excluding hydrogens is 218 g/mol. The first-order valence-corrected chi connectivity index (χ1v) is 7.86. The SMILES string of the molecule is C=C(CCCCCC)NC(CCCC)C(C)(C)C. The molecule has 0 saturated heterocycles. The summed E-state index contributed by atoms with van der Waals surface area (Å²) in [5.41, 5.74) is 1.56. The summed E-state index contributed by atoms with van der Waals surface area (Å²) in [7, 11) is 0. The molecule has 0 saturated carbocycles. The molecule has 1 nitrogen and oxygen atoms in total. The standard InChI is InChI=1S/C17H35N/c1-7-9-11-12-13-15(3)18-16(14-10-8-2)17(4,5)6/h16,18H,3,7-14H2,1-2,4-6H3. The third-order valence-electron chi connectivity index (χ3n) is 3.60. The summed E-state index contributed by atoms with van der Waals surface area (Å²) >= 11 is 0. The Labute approximate surface area is 115 Å². The molecule has 0 fully saturated rings. The van der Waals surface area contributed by atoms with Gasteiger partial charge in [-0.05, 0) is 24.7 Å². The molecule has 0 aromatic carbocycles. The lowest BCUT2D eigenvalue weighted by molar-refractivity contribution is 0.263. The van der Waals surface area contributed by atoms with E-state index >= 15 is 0 Å². The Morgan fingerprint density at radius 3 is 2.11 bits per heavy atom. The van der Waals surface area contributed by atoms with Crippen molar-refractivity contribution in [3.8, 4) is 0 Å². The minimum Gasteiger partial charge on any atom is -0.386 e. The molecule has 0 aromatic heterocycles. The van der Waals surface area contributed by atoms with Crippen LogP contribution in [0.4, 0.5) is 0 Å². The predicted molar refractivity (Wildman–Crippen MR) is 83.8 cm³/mol. The molecule has 0 aliphatic heterocycles. The maximum atomic E-state index is 4.20. The Kier molecular flexibility index (Phi) is 9.23. The highest BCUT2D eigenvalue weighted by atomic mass is 14.9. The van der Waals surface area contributed by atoms with Crippen LogP contribution < -0.4 is 5.32 Å². The molecule has 0 aliphatic rings. The Morgan fingerprint density at radius 2 is 1.61 bits per heavy atom. The predicted octanol–water partition coefficient (Wildman–Crippen LogP) is 5.67. The van der Waals surface area contributed by atoms with Gasteiger partial charge in [-0.15, -0.1) is 0 Å². The van der Waals surface area contributed by atoms with Gasteiger partial charge in [-0.3, -0.25) is 0 Å². The zero-order valence-corrected chi connectivity index (χ0v) is 13.4. The second-order valence-corrected chi connectivity index (χ2v) is 6.62. The maximum Gasteiger partial charge on any atom is 0.0306 e. The summed E-state index contributed by atoms with van der Waals surface area (Å²) in [4.78, 5) is 0. The normalized spacial score (nSPS) is 13.4. The number of hydrogen-bond acceptors (Lipinski definition) is 1. The molecule has 0 heterocycles. The number of rotatable bonds is 10. The highest BCUT2D eigenvalue weighted by Gasteiger charge is 2.23. The van der Waals surface area contributed by atoms with Crippen LogP contribution in [0.15, 0.2) is 12.3 Å². The van der Waals surface area contributed by atoms with Crippen LogP contribution in [0.5, 0.6) is 0 Å². The molecule has 108 valence electrons. The average Bonchev–Trinajstić information content (AvgIpc) is 2.28. The molecule has 0 aliphatic carbocycles. The first-order valence-electron chi connectivity index (χ1n) is 7.86. The van der Waals surface area contributed by atoms with Crippen LogP contribution in [0.3, 0.4) is 0 Å². The summed E-state index contributed by atoms with van der Waals surface area (Å²) in [5.74, 6) is 0. The van der Waals surface area contributed by atoms with Crippen molar-refractivity contribution in [1.29, 1.82) is 0 Å². The van der Waals surface area contributed by atoms with Gasteiger partial charge in [0.15, 0.2) is 0 Å². The van der Waals surface area contributed by atoms with Crippen LogP contribution >= 0.6 is 0 Å². The van der Waals surface area contributed by atoms with Gasteiger partial charge in [-0.25, -0.2) is 0 Å². The van der Waals surface area contributed by atoms with Gasteiger partial charge < -0.3 is 5.32 Å². The second kappa shape index (κ2) is 9.47. The monoisotopic (exact) mass is 253 g/mol. The molecule has 1 heteroatoms. The lowest BCUT2D eigenvalue weighted by atomic mass is 9.83. The molecule has 0 amide bonds. The maximum absolute atomic E-state index is 4.20. The van der Waals surface area contributed by atoms with Crippen molar-refractivity contribution >= 4 is 0 Å². The highest BCUT2D eigenvalue weighted by molar-refractivity contribution is 4.96. The van der Waals surface area contributed by atoms with Gasteiger partial charge in [0.2, 0.25) is 0 Å². The minimum absolute atomic E-state index is 0.321. The van der Waals surface area contributed by atoms with E-state index in [0.717, 1.165) is 6.42 Å². The van der Waals surface area contributed by atoms with Crippen molar-refractivity contribution in [2.75, 3.05) is 0 Å². The van der Waals surface area contributed by atoms with Gasteiger partial charge in [-0.1, -0.05) is 73.3 Å². The first-order chi connectivity index (χ1) is 8.41. The van der Waals surface area contributed by atoms with Crippen molar-refractivity contribution < 1.29 is 0 Å². The number of allylic oxidation sites excluding steroid dienone is 1.